The summed E-state index contributed by atoms with van der Waals surface area (Å²) < 4.78 is 11.6. The molecule has 4 nitrogen and oxygen atoms in total. The molecule has 4 heteroatoms. The van der Waals surface area contributed by atoms with Crippen molar-refractivity contribution in [3.8, 4) is 56.0 Å². The molecular weight excluding hydrogens is 663 g/mol. The highest BCUT2D eigenvalue weighted by Crippen LogP contribution is 2.44. The number of benzene rings is 6. The lowest BCUT2D eigenvalue weighted by Crippen LogP contribution is -2.11. The zero-order valence-corrected chi connectivity index (χ0v) is 31.4. The maximum Gasteiger partial charge on any atom is 0.150 e. The normalized spacial score (nSPS) is 11.3. The highest BCUT2D eigenvalue weighted by Gasteiger charge is 2.21. The number of hydrogen-bond acceptors (Lipinski definition) is 4. The number of hydrogen-bond donors (Lipinski definition) is 0. The Bertz CT molecular complexity index is 2080. The van der Waals surface area contributed by atoms with E-state index in [2.05, 4.69) is 119 Å². The van der Waals surface area contributed by atoms with Gasteiger partial charge in [-0.2, -0.15) is 0 Å². The lowest BCUT2D eigenvalue weighted by Gasteiger charge is -2.23. The van der Waals surface area contributed by atoms with Crippen LogP contribution in [0.5, 0.6) is 11.5 Å². The van der Waals surface area contributed by atoms with E-state index < -0.39 is 0 Å². The summed E-state index contributed by atoms with van der Waals surface area (Å²) in [5, 5.41) is 0. The van der Waals surface area contributed by atoms with Gasteiger partial charge in [-0.3, -0.25) is 9.79 Å². The Labute approximate surface area is 320 Å². The summed E-state index contributed by atoms with van der Waals surface area (Å²) in [6.45, 7) is 15.5. The molecule has 0 aliphatic heterocycles. The van der Waals surface area contributed by atoms with Crippen molar-refractivity contribution in [3.05, 3.63) is 175 Å². The molecule has 0 saturated carbocycles. The van der Waals surface area contributed by atoms with Crippen molar-refractivity contribution >= 4 is 18.2 Å². The van der Waals surface area contributed by atoms with Crippen molar-refractivity contribution in [1.29, 1.82) is 0 Å². The standard InChI is InChI=1S/C50H47NO3/c1-6-8-30-53-45-26-22-40(23-27-45)38-14-18-42(19-15-38)47-32-44(50(3,4)5)33-48(49(47)51-34-36-10-12-37(35-52)13-11-36)43-20-16-39(17-21-43)41-24-28-46(29-25-41)54-31-9-7-2/h6-7,10-29,32-35H,1-2,8-9,30-31H2,3-5H3. The Kier molecular flexibility index (Phi) is 12.2. The molecule has 0 aliphatic carbocycles. The van der Waals surface area contributed by atoms with Gasteiger partial charge in [0.15, 0.2) is 0 Å². The zero-order valence-electron chi connectivity index (χ0n) is 31.4. The fraction of sp³-hybridized carbons (Fsp3) is 0.160. The monoisotopic (exact) mass is 709 g/mol. The van der Waals surface area contributed by atoms with Gasteiger partial charge in [0.2, 0.25) is 0 Å². The Morgan fingerprint density at radius 2 is 0.907 bits per heavy atom. The van der Waals surface area contributed by atoms with Crippen molar-refractivity contribution in [2.45, 2.75) is 39.0 Å². The van der Waals surface area contributed by atoms with Gasteiger partial charge in [-0.05, 0) is 99.2 Å². The minimum atomic E-state index is -0.110. The SMILES string of the molecule is C=CCCOc1ccc(-c2ccc(-c3cc(C(C)(C)C)cc(-c4ccc(-c5ccc(OCCC=C)cc5)cc4)c3N=Cc3ccc(C=O)cc3)cc2)cc1. The van der Waals surface area contributed by atoms with Crippen LogP contribution in [-0.4, -0.2) is 25.7 Å². The van der Waals surface area contributed by atoms with Crippen LogP contribution >= 0.6 is 0 Å². The van der Waals surface area contributed by atoms with Crippen LogP contribution in [0.2, 0.25) is 0 Å². The quantitative estimate of drug-likeness (QED) is 0.0461. The van der Waals surface area contributed by atoms with Gasteiger partial charge < -0.3 is 9.47 Å². The second-order valence-electron chi connectivity index (χ2n) is 14.3. The van der Waals surface area contributed by atoms with Crippen LogP contribution in [0.1, 0.15) is 55.1 Å². The van der Waals surface area contributed by atoms with Gasteiger partial charge in [-0.25, -0.2) is 0 Å². The van der Waals surface area contributed by atoms with E-state index in [1.165, 1.54) is 5.56 Å². The van der Waals surface area contributed by atoms with Gasteiger partial charge in [0.05, 0.1) is 18.9 Å². The third kappa shape index (κ3) is 9.39. The molecule has 0 amide bonds. The molecule has 0 heterocycles. The first-order valence-electron chi connectivity index (χ1n) is 18.4. The van der Waals surface area contributed by atoms with Gasteiger partial charge in [-0.1, -0.05) is 130 Å². The van der Waals surface area contributed by atoms with Gasteiger partial charge >= 0.3 is 0 Å². The van der Waals surface area contributed by atoms with E-state index >= 15 is 0 Å². The second kappa shape index (κ2) is 17.5. The molecule has 6 rings (SSSR count). The van der Waals surface area contributed by atoms with Crippen molar-refractivity contribution < 1.29 is 14.3 Å². The smallest absolute Gasteiger partial charge is 0.150 e. The van der Waals surface area contributed by atoms with E-state index in [9.17, 15) is 4.79 Å². The van der Waals surface area contributed by atoms with Crippen LogP contribution in [0.3, 0.4) is 0 Å². The molecule has 0 N–H and O–H groups in total. The molecule has 0 saturated heterocycles. The molecule has 0 aromatic heterocycles. The predicted octanol–water partition coefficient (Wildman–Crippen LogP) is 13.1. The molecule has 6 aromatic carbocycles. The van der Waals surface area contributed by atoms with E-state index in [1.807, 2.05) is 66.9 Å². The van der Waals surface area contributed by atoms with Crippen LogP contribution in [0.4, 0.5) is 5.69 Å². The van der Waals surface area contributed by atoms with E-state index in [-0.39, 0.29) is 5.41 Å². The summed E-state index contributed by atoms with van der Waals surface area (Å²) in [6, 6.07) is 45.9. The third-order valence-corrected chi connectivity index (χ3v) is 9.34. The van der Waals surface area contributed by atoms with Crippen LogP contribution in [0, 0.1) is 0 Å². The van der Waals surface area contributed by atoms with Gasteiger partial charge in [-0.15, -0.1) is 13.2 Å². The summed E-state index contributed by atoms with van der Waals surface area (Å²) >= 11 is 0. The maximum atomic E-state index is 11.3. The molecule has 0 atom stereocenters. The minimum absolute atomic E-state index is 0.110. The minimum Gasteiger partial charge on any atom is -0.493 e. The van der Waals surface area contributed by atoms with Crippen LogP contribution in [0.15, 0.2) is 164 Å². The highest BCUT2D eigenvalue weighted by molar-refractivity contribution is 5.94. The fourth-order valence-electron chi connectivity index (χ4n) is 6.14. The molecule has 0 radical (unpaired) electrons. The number of carbonyl (C=O) groups is 1. The van der Waals surface area contributed by atoms with Gasteiger partial charge in [0, 0.05) is 22.9 Å². The number of carbonyl (C=O) groups excluding carboxylic acids is 1. The Morgan fingerprint density at radius 3 is 1.28 bits per heavy atom. The number of rotatable bonds is 15. The molecule has 0 fully saturated rings. The Hall–Kier alpha value is -6.26. The van der Waals surface area contributed by atoms with Crippen molar-refractivity contribution in [1.82, 2.24) is 0 Å². The van der Waals surface area contributed by atoms with Crippen LogP contribution in [0.25, 0.3) is 44.5 Å². The first-order valence-corrected chi connectivity index (χ1v) is 18.4. The molecule has 0 aliphatic rings. The average Bonchev–Trinajstić information content (AvgIpc) is 3.20. The maximum absolute atomic E-state index is 11.3. The lowest BCUT2D eigenvalue weighted by atomic mass is 9.82. The highest BCUT2D eigenvalue weighted by atomic mass is 16.5. The van der Waals surface area contributed by atoms with E-state index in [0.717, 1.165) is 86.4 Å². The molecule has 0 spiro atoms. The summed E-state index contributed by atoms with van der Waals surface area (Å²) in [7, 11) is 0. The van der Waals surface area contributed by atoms with Crippen LogP contribution in [-0.2, 0) is 5.41 Å². The summed E-state index contributed by atoms with van der Waals surface area (Å²) in [5.41, 5.74) is 12.3. The molecule has 6 aromatic rings. The zero-order chi connectivity index (χ0) is 37.9. The molecular formula is C50H47NO3. The summed E-state index contributed by atoms with van der Waals surface area (Å²) in [4.78, 5) is 16.5. The lowest BCUT2D eigenvalue weighted by molar-refractivity contribution is 0.112. The number of ether oxygens (including phenoxy) is 2. The van der Waals surface area contributed by atoms with Crippen LogP contribution < -0.4 is 9.47 Å². The van der Waals surface area contributed by atoms with Gasteiger partial charge in [0.25, 0.3) is 0 Å². The van der Waals surface area contributed by atoms with Crippen molar-refractivity contribution in [3.63, 3.8) is 0 Å². The fourth-order valence-corrected chi connectivity index (χ4v) is 6.14. The number of aldehydes is 1. The second-order valence-corrected chi connectivity index (χ2v) is 14.3. The topological polar surface area (TPSA) is 47.9 Å². The predicted molar refractivity (Wildman–Crippen MR) is 227 cm³/mol. The first-order chi connectivity index (χ1) is 26.2. The number of nitrogens with zero attached hydrogens (tertiary/aromatic N) is 1. The Morgan fingerprint density at radius 1 is 0.537 bits per heavy atom. The van der Waals surface area contributed by atoms with E-state index in [1.54, 1.807) is 0 Å². The van der Waals surface area contributed by atoms with Crippen molar-refractivity contribution in [2.75, 3.05) is 13.2 Å². The molecule has 0 unspecified atom stereocenters. The summed E-state index contributed by atoms with van der Waals surface area (Å²) in [6.07, 6.45) is 8.08. The van der Waals surface area contributed by atoms with E-state index in [4.69, 9.17) is 14.5 Å². The molecule has 0 bridgehead atoms. The summed E-state index contributed by atoms with van der Waals surface area (Å²) in [5.74, 6) is 1.70. The van der Waals surface area contributed by atoms with Crippen molar-refractivity contribution in [2.24, 2.45) is 4.99 Å². The largest absolute Gasteiger partial charge is 0.493 e. The molecule has 270 valence electrons. The number of aliphatic imine (C=N–C) groups is 1. The van der Waals surface area contributed by atoms with Gasteiger partial charge in [0.1, 0.15) is 17.8 Å². The third-order valence-electron chi connectivity index (χ3n) is 9.34. The molecule has 54 heavy (non-hydrogen) atoms. The Balaban J connectivity index is 1.40. The van der Waals surface area contributed by atoms with E-state index in [0.29, 0.717) is 18.8 Å². The first kappa shape index (κ1) is 37.5. The average molecular weight is 710 g/mol.